The lowest BCUT2D eigenvalue weighted by Gasteiger charge is -2.13. The third kappa shape index (κ3) is 5.65. The van der Waals surface area contributed by atoms with Crippen LogP contribution in [-0.4, -0.2) is 14.5 Å². The van der Waals surface area contributed by atoms with Crippen molar-refractivity contribution in [2.75, 3.05) is 0 Å². The molecule has 0 aliphatic carbocycles. The average Bonchev–Trinajstić information content (AvgIpc) is 3.88. The molecule has 280 valence electrons. The van der Waals surface area contributed by atoms with Crippen molar-refractivity contribution >= 4 is 64.1 Å². The molecule has 12 rings (SSSR count). The first kappa shape index (κ1) is 34.4. The van der Waals surface area contributed by atoms with Gasteiger partial charge in [0.05, 0.1) is 22.4 Å². The molecule has 60 heavy (non-hydrogen) atoms. The van der Waals surface area contributed by atoms with E-state index in [0.29, 0.717) is 5.82 Å². The molecule has 0 amide bonds. The highest BCUT2D eigenvalue weighted by molar-refractivity contribution is 7.27. The van der Waals surface area contributed by atoms with E-state index in [1.807, 2.05) is 35.6 Å². The van der Waals surface area contributed by atoms with Gasteiger partial charge in [-0.2, -0.15) is 0 Å². The van der Waals surface area contributed by atoms with Crippen LogP contribution in [0.15, 0.2) is 212 Å². The molecule has 0 atom stereocenters. The minimum absolute atomic E-state index is 0.710. The molecule has 0 unspecified atom stereocenters. The van der Waals surface area contributed by atoms with Crippen molar-refractivity contribution < 1.29 is 0 Å². The van der Waals surface area contributed by atoms with E-state index in [9.17, 15) is 0 Å². The number of nitrogens with zero attached hydrogens (tertiary/aromatic N) is 3. The molecule has 3 nitrogen and oxygen atoms in total. The molecular formula is C56H35N3S. The normalized spacial score (nSPS) is 11.7. The Balaban J connectivity index is 1.12. The van der Waals surface area contributed by atoms with Crippen molar-refractivity contribution in [2.45, 2.75) is 0 Å². The second-order valence-corrected chi connectivity index (χ2v) is 16.4. The highest BCUT2D eigenvalue weighted by Gasteiger charge is 2.23. The highest BCUT2D eigenvalue weighted by Crippen LogP contribution is 2.49. The summed E-state index contributed by atoms with van der Waals surface area (Å²) < 4.78 is 5.10. The number of hydrogen-bond acceptors (Lipinski definition) is 3. The maximum Gasteiger partial charge on any atom is 0.160 e. The largest absolute Gasteiger partial charge is 0.309 e. The molecule has 0 bridgehead atoms. The predicted molar refractivity (Wildman–Crippen MR) is 254 cm³/mol. The molecule has 0 spiro atoms. The van der Waals surface area contributed by atoms with E-state index in [0.717, 1.165) is 33.8 Å². The zero-order valence-electron chi connectivity index (χ0n) is 32.5. The van der Waals surface area contributed by atoms with Gasteiger partial charge >= 0.3 is 0 Å². The molecular weight excluding hydrogens is 747 g/mol. The van der Waals surface area contributed by atoms with E-state index >= 15 is 0 Å². The third-order valence-corrected chi connectivity index (χ3v) is 13.0. The SMILES string of the molecule is c1ccc(-c2ccc3sc4c5ccccc5c5c(c6cc(-c7ccccc7)ccc6n5-c5ccc(-c6cc(-c7ccccc7)nc(-c7ccccc7)n6)cc5)c4c3c2)cc1. The summed E-state index contributed by atoms with van der Waals surface area (Å²) in [7, 11) is 0. The Hall–Kier alpha value is -7.66. The van der Waals surface area contributed by atoms with Crippen molar-refractivity contribution in [3.63, 3.8) is 0 Å². The summed E-state index contributed by atoms with van der Waals surface area (Å²) in [5.74, 6) is 0.710. The van der Waals surface area contributed by atoms with E-state index in [2.05, 4.69) is 193 Å². The first-order valence-corrected chi connectivity index (χ1v) is 21.1. The van der Waals surface area contributed by atoms with Crippen LogP contribution < -0.4 is 0 Å². The van der Waals surface area contributed by atoms with Gasteiger partial charge in [0.2, 0.25) is 0 Å². The topological polar surface area (TPSA) is 30.7 Å². The average molecular weight is 782 g/mol. The molecule has 0 fully saturated rings. The lowest BCUT2D eigenvalue weighted by molar-refractivity contribution is 1.17. The first-order valence-electron chi connectivity index (χ1n) is 20.3. The molecule has 0 saturated heterocycles. The van der Waals surface area contributed by atoms with Crippen LogP contribution in [0, 0.1) is 0 Å². The van der Waals surface area contributed by atoms with Crippen LogP contribution in [0.3, 0.4) is 0 Å². The van der Waals surface area contributed by atoms with Crippen molar-refractivity contribution in [3.8, 4) is 61.8 Å². The van der Waals surface area contributed by atoms with Crippen LogP contribution in [0.4, 0.5) is 0 Å². The van der Waals surface area contributed by atoms with Crippen molar-refractivity contribution in [1.82, 2.24) is 14.5 Å². The number of thiophene rings is 1. The van der Waals surface area contributed by atoms with Gasteiger partial charge in [0, 0.05) is 64.1 Å². The van der Waals surface area contributed by atoms with Crippen LogP contribution >= 0.6 is 11.3 Å². The van der Waals surface area contributed by atoms with E-state index in [1.54, 1.807) is 0 Å². The molecule has 0 saturated carbocycles. The van der Waals surface area contributed by atoms with E-state index in [4.69, 9.17) is 9.97 Å². The summed E-state index contributed by atoms with van der Waals surface area (Å²) in [5.41, 5.74) is 13.2. The zero-order chi connectivity index (χ0) is 39.6. The lowest BCUT2D eigenvalue weighted by Crippen LogP contribution is -1.97. The molecule has 9 aromatic carbocycles. The number of benzene rings is 9. The molecule has 0 N–H and O–H groups in total. The van der Waals surface area contributed by atoms with Gasteiger partial charge < -0.3 is 4.57 Å². The summed E-state index contributed by atoms with van der Waals surface area (Å²) in [6.45, 7) is 0. The number of fused-ring (bicyclic) bond motifs is 10. The number of hydrogen-bond donors (Lipinski definition) is 0. The minimum Gasteiger partial charge on any atom is -0.309 e. The van der Waals surface area contributed by atoms with Gasteiger partial charge in [0.1, 0.15) is 0 Å². The summed E-state index contributed by atoms with van der Waals surface area (Å²) in [4.78, 5) is 10.2. The van der Waals surface area contributed by atoms with E-state index < -0.39 is 0 Å². The minimum atomic E-state index is 0.710. The number of rotatable bonds is 6. The molecule has 12 aromatic rings. The highest BCUT2D eigenvalue weighted by atomic mass is 32.1. The Morgan fingerprint density at radius 1 is 0.350 bits per heavy atom. The van der Waals surface area contributed by atoms with Gasteiger partial charge in [-0.25, -0.2) is 9.97 Å². The van der Waals surface area contributed by atoms with Crippen molar-refractivity contribution in [1.29, 1.82) is 0 Å². The van der Waals surface area contributed by atoms with E-state index in [-0.39, 0.29) is 0 Å². The predicted octanol–water partition coefficient (Wildman–Crippen LogP) is 15.4. The lowest BCUT2D eigenvalue weighted by atomic mass is 9.96. The summed E-state index contributed by atoms with van der Waals surface area (Å²) in [6, 6.07) is 76.1. The Kier molecular flexibility index (Phi) is 8.03. The van der Waals surface area contributed by atoms with Gasteiger partial charge in [-0.15, -0.1) is 11.3 Å². The number of aromatic nitrogens is 3. The first-order chi connectivity index (χ1) is 29.7. The van der Waals surface area contributed by atoms with Gasteiger partial charge in [0.15, 0.2) is 5.82 Å². The van der Waals surface area contributed by atoms with Crippen molar-refractivity contribution in [2.24, 2.45) is 0 Å². The molecule has 4 heteroatoms. The fourth-order valence-electron chi connectivity index (χ4n) is 8.96. The third-order valence-electron chi connectivity index (χ3n) is 11.8. The van der Waals surface area contributed by atoms with Gasteiger partial charge in [-0.1, -0.05) is 170 Å². The fraction of sp³-hybridized carbons (Fsp3) is 0. The van der Waals surface area contributed by atoms with E-state index in [1.165, 1.54) is 75.0 Å². The summed E-state index contributed by atoms with van der Waals surface area (Å²) >= 11 is 1.90. The maximum absolute atomic E-state index is 5.14. The second-order valence-electron chi connectivity index (χ2n) is 15.3. The molecule has 3 aromatic heterocycles. The molecule has 0 aliphatic rings. The fourth-order valence-corrected chi connectivity index (χ4v) is 10.2. The molecule has 0 radical (unpaired) electrons. The molecule has 3 heterocycles. The standard InChI is InChI=1S/C56H35N3S/c1-5-15-36(16-6-1)41-27-31-50-46(33-41)52-53-47-34-42(37-17-7-2-8-18-37)28-32-51(47)60-55(53)45-24-14-13-23-44(45)54(52)59(50)43-29-25-39(26-30-43)49-35-48(38-19-9-3-10-20-38)57-56(58-49)40-21-11-4-12-22-40/h1-35H. The van der Waals surface area contributed by atoms with Gasteiger partial charge in [-0.3, -0.25) is 0 Å². The Morgan fingerprint density at radius 2 is 0.850 bits per heavy atom. The summed E-state index contributed by atoms with van der Waals surface area (Å²) in [5, 5.41) is 7.65. The Morgan fingerprint density at radius 3 is 1.48 bits per heavy atom. The van der Waals surface area contributed by atoms with Gasteiger partial charge in [-0.05, 0) is 64.7 Å². The van der Waals surface area contributed by atoms with Gasteiger partial charge in [0.25, 0.3) is 0 Å². The second kappa shape index (κ2) is 14.0. The van der Waals surface area contributed by atoms with Crippen LogP contribution in [-0.2, 0) is 0 Å². The van der Waals surface area contributed by atoms with Crippen molar-refractivity contribution in [3.05, 3.63) is 212 Å². The Bertz CT molecular complexity index is 3500. The smallest absolute Gasteiger partial charge is 0.160 e. The Labute approximate surface area is 351 Å². The zero-order valence-corrected chi connectivity index (χ0v) is 33.3. The van der Waals surface area contributed by atoms with Crippen LogP contribution in [0.2, 0.25) is 0 Å². The van der Waals surface area contributed by atoms with Crippen LogP contribution in [0.1, 0.15) is 0 Å². The monoisotopic (exact) mass is 781 g/mol. The van der Waals surface area contributed by atoms with Crippen LogP contribution in [0.5, 0.6) is 0 Å². The molecule has 0 aliphatic heterocycles. The van der Waals surface area contributed by atoms with Crippen LogP contribution in [0.25, 0.3) is 115 Å². The summed E-state index contributed by atoms with van der Waals surface area (Å²) in [6.07, 6.45) is 0. The maximum atomic E-state index is 5.14. The quantitative estimate of drug-likeness (QED) is 0.168.